The van der Waals surface area contributed by atoms with Crippen molar-refractivity contribution in [3.63, 3.8) is 0 Å². The second kappa shape index (κ2) is 5.37. The number of nitrogens with two attached hydrogens (primary N) is 1. The van der Waals surface area contributed by atoms with Crippen molar-refractivity contribution in [1.29, 1.82) is 0 Å². The lowest BCUT2D eigenvalue weighted by Gasteiger charge is -2.50. The predicted octanol–water partition coefficient (Wildman–Crippen LogP) is 1.78. The highest BCUT2D eigenvalue weighted by molar-refractivity contribution is 5.33. The summed E-state index contributed by atoms with van der Waals surface area (Å²) in [5, 5.41) is 9.33. The average Bonchev–Trinajstić information content (AvgIpc) is 2.48. The lowest BCUT2D eigenvalue weighted by atomic mass is 9.86. The van der Waals surface area contributed by atoms with Crippen LogP contribution in [-0.2, 0) is 0 Å². The minimum atomic E-state index is -0.443. The third kappa shape index (κ3) is 2.48. The lowest BCUT2D eigenvalue weighted by molar-refractivity contribution is 0.00593. The van der Waals surface area contributed by atoms with Gasteiger partial charge in [-0.15, -0.1) is 0 Å². The minimum Gasteiger partial charge on any atom is -0.394 e. The second-order valence-corrected chi connectivity index (χ2v) is 5.65. The molecular formula is C17H20N2O. The Morgan fingerprint density at radius 3 is 1.80 bits per heavy atom. The van der Waals surface area contributed by atoms with Gasteiger partial charge in [0.25, 0.3) is 0 Å². The molecule has 0 atom stereocenters. The SMILES string of the molecule is NC1(CO)CN(C(c2ccccc2)c2ccccc2)C1. The van der Waals surface area contributed by atoms with Gasteiger partial charge in [0.15, 0.2) is 0 Å². The maximum Gasteiger partial charge on any atom is 0.0647 e. The quantitative estimate of drug-likeness (QED) is 0.888. The number of hydrogen-bond donors (Lipinski definition) is 2. The van der Waals surface area contributed by atoms with Crippen LogP contribution in [0.3, 0.4) is 0 Å². The molecule has 2 aromatic carbocycles. The molecule has 0 unspecified atom stereocenters. The molecule has 3 N–H and O–H groups in total. The van der Waals surface area contributed by atoms with Gasteiger partial charge in [-0.25, -0.2) is 0 Å². The molecule has 3 rings (SSSR count). The van der Waals surface area contributed by atoms with E-state index in [0.717, 1.165) is 13.1 Å². The average molecular weight is 268 g/mol. The lowest BCUT2D eigenvalue weighted by Crippen LogP contribution is -2.69. The fraction of sp³-hybridized carbons (Fsp3) is 0.294. The molecule has 1 heterocycles. The van der Waals surface area contributed by atoms with Crippen LogP contribution in [0.1, 0.15) is 17.2 Å². The van der Waals surface area contributed by atoms with Crippen molar-refractivity contribution in [2.24, 2.45) is 5.73 Å². The first-order chi connectivity index (χ1) is 9.72. The first kappa shape index (κ1) is 13.3. The van der Waals surface area contributed by atoms with Crippen LogP contribution in [0.2, 0.25) is 0 Å². The summed E-state index contributed by atoms with van der Waals surface area (Å²) in [6.07, 6.45) is 0. The highest BCUT2D eigenvalue weighted by Crippen LogP contribution is 2.34. The van der Waals surface area contributed by atoms with E-state index in [1.165, 1.54) is 11.1 Å². The zero-order chi connectivity index (χ0) is 14.0. The van der Waals surface area contributed by atoms with E-state index < -0.39 is 5.54 Å². The fourth-order valence-electron chi connectivity index (χ4n) is 2.93. The number of aliphatic hydroxyl groups excluding tert-OH is 1. The van der Waals surface area contributed by atoms with Crippen LogP contribution in [0.4, 0.5) is 0 Å². The zero-order valence-electron chi connectivity index (χ0n) is 11.4. The molecule has 0 saturated carbocycles. The monoisotopic (exact) mass is 268 g/mol. The number of likely N-dealkylation sites (tertiary alicyclic amines) is 1. The number of rotatable bonds is 4. The molecule has 0 amide bonds. The molecule has 1 aliphatic heterocycles. The molecule has 0 aromatic heterocycles. The van der Waals surface area contributed by atoms with Gasteiger partial charge < -0.3 is 10.8 Å². The number of nitrogens with zero attached hydrogens (tertiary/aromatic N) is 1. The van der Waals surface area contributed by atoms with Crippen molar-refractivity contribution < 1.29 is 5.11 Å². The summed E-state index contributed by atoms with van der Waals surface area (Å²) in [7, 11) is 0. The van der Waals surface area contributed by atoms with E-state index in [1.807, 2.05) is 12.1 Å². The summed E-state index contributed by atoms with van der Waals surface area (Å²) in [6.45, 7) is 1.48. The summed E-state index contributed by atoms with van der Waals surface area (Å²) in [6, 6.07) is 21.1. The standard InChI is InChI=1S/C17H20N2O/c18-17(13-20)11-19(12-17)16(14-7-3-1-4-8-14)15-9-5-2-6-10-15/h1-10,16,20H,11-13,18H2. The van der Waals surface area contributed by atoms with Crippen LogP contribution >= 0.6 is 0 Å². The molecule has 0 bridgehead atoms. The Hall–Kier alpha value is -1.68. The first-order valence-corrected chi connectivity index (χ1v) is 6.95. The Balaban J connectivity index is 1.90. The highest BCUT2D eigenvalue weighted by atomic mass is 16.3. The molecule has 0 aliphatic carbocycles. The summed E-state index contributed by atoms with van der Waals surface area (Å²) in [5.74, 6) is 0. The van der Waals surface area contributed by atoms with Gasteiger partial charge in [-0.2, -0.15) is 0 Å². The van der Waals surface area contributed by atoms with E-state index in [4.69, 9.17) is 5.73 Å². The molecule has 3 nitrogen and oxygen atoms in total. The maximum atomic E-state index is 9.33. The molecule has 20 heavy (non-hydrogen) atoms. The maximum absolute atomic E-state index is 9.33. The third-order valence-electron chi connectivity index (χ3n) is 3.95. The topological polar surface area (TPSA) is 49.5 Å². The van der Waals surface area contributed by atoms with E-state index >= 15 is 0 Å². The van der Waals surface area contributed by atoms with Crippen LogP contribution in [0, 0.1) is 0 Å². The molecule has 1 fully saturated rings. The molecule has 104 valence electrons. The van der Waals surface area contributed by atoms with Crippen LogP contribution in [-0.4, -0.2) is 35.2 Å². The Labute approximate surface area is 119 Å². The van der Waals surface area contributed by atoms with Gasteiger partial charge in [-0.3, -0.25) is 4.90 Å². The zero-order valence-corrected chi connectivity index (χ0v) is 11.4. The molecule has 0 radical (unpaired) electrons. The van der Waals surface area contributed by atoms with Crippen LogP contribution in [0.25, 0.3) is 0 Å². The Morgan fingerprint density at radius 2 is 1.40 bits per heavy atom. The normalized spacial score (nSPS) is 17.9. The Bertz CT molecular complexity index is 510. The second-order valence-electron chi connectivity index (χ2n) is 5.65. The molecule has 3 heteroatoms. The van der Waals surface area contributed by atoms with Gasteiger partial charge in [-0.05, 0) is 11.1 Å². The van der Waals surface area contributed by atoms with Crippen molar-refractivity contribution in [1.82, 2.24) is 4.90 Å². The highest BCUT2D eigenvalue weighted by Gasteiger charge is 2.42. The fourth-order valence-corrected chi connectivity index (χ4v) is 2.93. The van der Waals surface area contributed by atoms with Crippen molar-refractivity contribution in [2.45, 2.75) is 11.6 Å². The van der Waals surface area contributed by atoms with E-state index in [9.17, 15) is 5.11 Å². The molecule has 2 aromatic rings. The Kier molecular flexibility index (Phi) is 3.57. The van der Waals surface area contributed by atoms with Gasteiger partial charge in [0.2, 0.25) is 0 Å². The van der Waals surface area contributed by atoms with Crippen molar-refractivity contribution in [2.75, 3.05) is 19.7 Å². The predicted molar refractivity (Wildman–Crippen MR) is 80.3 cm³/mol. The van der Waals surface area contributed by atoms with Crippen molar-refractivity contribution >= 4 is 0 Å². The number of benzene rings is 2. The van der Waals surface area contributed by atoms with Crippen LogP contribution in [0.15, 0.2) is 60.7 Å². The van der Waals surface area contributed by atoms with Crippen LogP contribution < -0.4 is 5.73 Å². The van der Waals surface area contributed by atoms with Crippen molar-refractivity contribution in [3.05, 3.63) is 71.8 Å². The van der Waals surface area contributed by atoms with Gasteiger partial charge in [0.05, 0.1) is 18.2 Å². The van der Waals surface area contributed by atoms with E-state index in [1.54, 1.807) is 0 Å². The molecule has 1 aliphatic rings. The first-order valence-electron chi connectivity index (χ1n) is 6.95. The van der Waals surface area contributed by atoms with E-state index in [2.05, 4.69) is 53.4 Å². The summed E-state index contributed by atoms with van der Waals surface area (Å²) < 4.78 is 0. The molecule has 1 saturated heterocycles. The van der Waals surface area contributed by atoms with Crippen LogP contribution in [0.5, 0.6) is 0 Å². The van der Waals surface area contributed by atoms with Gasteiger partial charge in [0.1, 0.15) is 0 Å². The number of hydrogen-bond acceptors (Lipinski definition) is 3. The number of aliphatic hydroxyl groups is 1. The van der Waals surface area contributed by atoms with E-state index in [0.29, 0.717) is 0 Å². The van der Waals surface area contributed by atoms with Gasteiger partial charge >= 0.3 is 0 Å². The van der Waals surface area contributed by atoms with E-state index in [-0.39, 0.29) is 12.6 Å². The van der Waals surface area contributed by atoms with Crippen molar-refractivity contribution in [3.8, 4) is 0 Å². The largest absolute Gasteiger partial charge is 0.394 e. The summed E-state index contributed by atoms with van der Waals surface area (Å²) in [4.78, 5) is 2.32. The molecule has 0 spiro atoms. The summed E-state index contributed by atoms with van der Waals surface area (Å²) >= 11 is 0. The summed E-state index contributed by atoms with van der Waals surface area (Å²) in [5.41, 5.74) is 8.18. The third-order valence-corrected chi connectivity index (χ3v) is 3.95. The van der Waals surface area contributed by atoms with Gasteiger partial charge in [0, 0.05) is 13.1 Å². The Morgan fingerprint density at radius 1 is 0.950 bits per heavy atom. The molecular weight excluding hydrogens is 248 g/mol. The van der Waals surface area contributed by atoms with Gasteiger partial charge in [-0.1, -0.05) is 60.7 Å². The smallest absolute Gasteiger partial charge is 0.0647 e. The minimum absolute atomic E-state index is 0.0415.